The van der Waals surface area contributed by atoms with Crippen LogP contribution in [0.3, 0.4) is 0 Å². The third kappa shape index (κ3) is 2.48. The Balaban J connectivity index is 2.30. The molecule has 1 amide bonds. The van der Waals surface area contributed by atoms with Crippen molar-refractivity contribution in [3.8, 4) is 0 Å². The van der Waals surface area contributed by atoms with Crippen LogP contribution in [-0.2, 0) is 0 Å². The smallest absolute Gasteiger partial charge is 0.252 e. The first kappa shape index (κ1) is 14.4. The van der Waals surface area contributed by atoms with Gasteiger partial charge < -0.3 is 16.3 Å². The second-order valence-corrected chi connectivity index (χ2v) is 5.50. The highest BCUT2D eigenvalue weighted by Gasteiger charge is 2.40. The van der Waals surface area contributed by atoms with Gasteiger partial charge in [0.05, 0.1) is 0 Å². The van der Waals surface area contributed by atoms with E-state index < -0.39 is 5.54 Å². The zero-order chi connectivity index (χ0) is 14.8. The fraction of sp³-hybridized carbons (Fsp3) is 0.467. The molecule has 1 aliphatic carbocycles. The number of aryl methyl sites for hydroxylation is 2. The number of nitrogens with one attached hydrogen (secondary N) is 1. The molecule has 0 aliphatic heterocycles. The van der Waals surface area contributed by atoms with Crippen LogP contribution in [0.5, 0.6) is 0 Å². The predicted octanol–water partition coefficient (Wildman–Crippen LogP) is 2.09. The highest BCUT2D eigenvalue weighted by atomic mass is 16.4. The maximum Gasteiger partial charge on any atom is 0.252 e. The molecule has 1 aliphatic rings. The third-order valence-corrected chi connectivity index (χ3v) is 4.12. The predicted molar refractivity (Wildman–Crippen MR) is 78.0 cm³/mol. The second kappa shape index (κ2) is 5.53. The highest BCUT2D eigenvalue weighted by Crippen LogP contribution is 2.30. The number of carbonyl (C=O) groups is 1. The van der Waals surface area contributed by atoms with E-state index in [4.69, 9.17) is 10.9 Å². The lowest BCUT2D eigenvalue weighted by molar-refractivity contribution is 0.0921. The van der Waals surface area contributed by atoms with Crippen molar-refractivity contribution in [3.63, 3.8) is 0 Å². The van der Waals surface area contributed by atoms with E-state index in [0.717, 1.165) is 24.0 Å². The van der Waals surface area contributed by atoms with Gasteiger partial charge in [-0.3, -0.25) is 4.79 Å². The topological polar surface area (TPSA) is 87.7 Å². The first-order valence-electron chi connectivity index (χ1n) is 6.87. The molecule has 1 fully saturated rings. The van der Waals surface area contributed by atoms with Gasteiger partial charge in [-0.1, -0.05) is 36.2 Å². The number of benzene rings is 1. The molecule has 0 radical (unpaired) electrons. The monoisotopic (exact) mass is 275 g/mol. The largest absolute Gasteiger partial charge is 0.409 e. The van der Waals surface area contributed by atoms with E-state index in [1.165, 1.54) is 0 Å². The van der Waals surface area contributed by atoms with Gasteiger partial charge in [0, 0.05) is 5.56 Å². The van der Waals surface area contributed by atoms with Crippen LogP contribution in [0.4, 0.5) is 0 Å². The Bertz CT molecular complexity index is 526. The highest BCUT2D eigenvalue weighted by molar-refractivity contribution is 6.02. The summed E-state index contributed by atoms with van der Waals surface area (Å²) < 4.78 is 0. The van der Waals surface area contributed by atoms with Crippen LogP contribution in [0.25, 0.3) is 0 Å². The van der Waals surface area contributed by atoms with Gasteiger partial charge in [0.1, 0.15) is 5.54 Å². The van der Waals surface area contributed by atoms with Crippen LogP contribution < -0.4 is 11.1 Å². The minimum atomic E-state index is -0.708. The molecule has 0 bridgehead atoms. The Morgan fingerprint density at radius 1 is 1.30 bits per heavy atom. The van der Waals surface area contributed by atoms with Gasteiger partial charge in [-0.2, -0.15) is 0 Å². The molecule has 2 rings (SSSR count). The molecule has 1 aromatic rings. The van der Waals surface area contributed by atoms with Gasteiger partial charge in [0.25, 0.3) is 5.91 Å². The molecular weight excluding hydrogens is 254 g/mol. The van der Waals surface area contributed by atoms with E-state index in [1.807, 2.05) is 32.0 Å². The van der Waals surface area contributed by atoms with Crippen molar-refractivity contribution in [1.82, 2.24) is 5.32 Å². The standard InChI is InChI=1S/C15H21N3O2/c1-10-6-5-7-11(2)12(10)13(19)17-15(14(16)18-20)8-3-4-9-15/h5-7,20H,3-4,8-9H2,1-2H3,(H2,16,18)(H,17,19). The first-order chi connectivity index (χ1) is 9.50. The summed E-state index contributed by atoms with van der Waals surface area (Å²) in [5, 5.41) is 15.1. The van der Waals surface area contributed by atoms with Crippen molar-refractivity contribution in [2.45, 2.75) is 45.1 Å². The van der Waals surface area contributed by atoms with E-state index >= 15 is 0 Å². The van der Waals surface area contributed by atoms with E-state index in [1.54, 1.807) is 0 Å². The van der Waals surface area contributed by atoms with Gasteiger partial charge in [-0.25, -0.2) is 0 Å². The molecule has 20 heavy (non-hydrogen) atoms. The molecule has 0 heterocycles. The summed E-state index contributed by atoms with van der Waals surface area (Å²) >= 11 is 0. The van der Waals surface area contributed by atoms with Crippen molar-refractivity contribution < 1.29 is 10.0 Å². The molecular formula is C15H21N3O2. The lowest BCUT2D eigenvalue weighted by Gasteiger charge is -2.29. The fourth-order valence-electron chi connectivity index (χ4n) is 2.97. The Kier molecular flexibility index (Phi) is 3.97. The number of amidine groups is 1. The normalized spacial score (nSPS) is 18.0. The number of oxime groups is 1. The molecule has 5 nitrogen and oxygen atoms in total. The van der Waals surface area contributed by atoms with Crippen LogP contribution in [0, 0.1) is 13.8 Å². The van der Waals surface area contributed by atoms with Gasteiger partial charge in [0.15, 0.2) is 5.84 Å². The zero-order valence-corrected chi connectivity index (χ0v) is 11.9. The fourth-order valence-corrected chi connectivity index (χ4v) is 2.97. The van der Waals surface area contributed by atoms with E-state index in [9.17, 15) is 4.79 Å². The number of nitrogens with zero attached hydrogens (tertiary/aromatic N) is 1. The number of nitrogens with two attached hydrogens (primary N) is 1. The maximum absolute atomic E-state index is 12.6. The third-order valence-electron chi connectivity index (χ3n) is 4.12. The number of carbonyl (C=O) groups excluding carboxylic acids is 1. The molecule has 0 atom stereocenters. The molecule has 0 saturated heterocycles. The van der Waals surface area contributed by atoms with Crippen LogP contribution >= 0.6 is 0 Å². The average molecular weight is 275 g/mol. The van der Waals surface area contributed by atoms with Crippen molar-refractivity contribution in [1.29, 1.82) is 0 Å². The molecule has 0 unspecified atom stereocenters. The van der Waals surface area contributed by atoms with Gasteiger partial charge >= 0.3 is 0 Å². The number of hydrogen-bond donors (Lipinski definition) is 3. The van der Waals surface area contributed by atoms with Crippen molar-refractivity contribution >= 4 is 11.7 Å². The van der Waals surface area contributed by atoms with E-state index in [2.05, 4.69) is 10.5 Å². The Morgan fingerprint density at radius 3 is 2.35 bits per heavy atom. The van der Waals surface area contributed by atoms with Crippen LogP contribution in [0.2, 0.25) is 0 Å². The van der Waals surface area contributed by atoms with Crippen LogP contribution in [0.15, 0.2) is 23.4 Å². The molecule has 4 N–H and O–H groups in total. The maximum atomic E-state index is 12.6. The minimum absolute atomic E-state index is 0.0922. The number of amides is 1. The minimum Gasteiger partial charge on any atom is -0.409 e. The van der Waals surface area contributed by atoms with Gasteiger partial charge in [0.2, 0.25) is 0 Å². The molecule has 1 aromatic carbocycles. The summed E-state index contributed by atoms with van der Waals surface area (Å²) in [7, 11) is 0. The lowest BCUT2D eigenvalue weighted by Crippen LogP contribution is -2.55. The molecule has 5 heteroatoms. The molecule has 0 spiro atoms. The van der Waals surface area contributed by atoms with Crippen LogP contribution in [0.1, 0.15) is 47.2 Å². The summed E-state index contributed by atoms with van der Waals surface area (Å²) in [6.07, 6.45) is 3.34. The van der Waals surface area contributed by atoms with Crippen LogP contribution in [-0.4, -0.2) is 22.5 Å². The average Bonchev–Trinajstić information content (AvgIpc) is 2.87. The first-order valence-corrected chi connectivity index (χ1v) is 6.87. The van der Waals surface area contributed by atoms with E-state index in [-0.39, 0.29) is 11.7 Å². The zero-order valence-electron chi connectivity index (χ0n) is 11.9. The molecule has 1 saturated carbocycles. The Hall–Kier alpha value is -2.04. The quantitative estimate of drug-likeness (QED) is 0.341. The number of rotatable bonds is 3. The summed E-state index contributed by atoms with van der Waals surface area (Å²) in [5.41, 5.74) is 7.62. The lowest BCUT2D eigenvalue weighted by atomic mass is 9.94. The SMILES string of the molecule is Cc1cccc(C)c1C(=O)NC1(/C(N)=N/O)CCCC1. The van der Waals surface area contributed by atoms with E-state index in [0.29, 0.717) is 18.4 Å². The summed E-state index contributed by atoms with van der Waals surface area (Å²) in [6, 6.07) is 5.75. The van der Waals surface area contributed by atoms with Crippen molar-refractivity contribution in [3.05, 3.63) is 34.9 Å². The van der Waals surface area contributed by atoms with Gasteiger partial charge in [-0.15, -0.1) is 0 Å². The summed E-state index contributed by atoms with van der Waals surface area (Å²) in [6.45, 7) is 3.82. The summed E-state index contributed by atoms with van der Waals surface area (Å²) in [5.74, 6) is -0.0660. The van der Waals surface area contributed by atoms with Crippen molar-refractivity contribution in [2.24, 2.45) is 10.9 Å². The Labute approximate surface area is 118 Å². The Morgan fingerprint density at radius 2 is 1.85 bits per heavy atom. The summed E-state index contributed by atoms with van der Waals surface area (Å²) in [4.78, 5) is 12.6. The van der Waals surface area contributed by atoms with Gasteiger partial charge in [-0.05, 0) is 37.8 Å². The molecule has 0 aromatic heterocycles. The van der Waals surface area contributed by atoms with Crippen molar-refractivity contribution in [2.75, 3.05) is 0 Å². The second-order valence-electron chi connectivity index (χ2n) is 5.50. The number of hydrogen-bond acceptors (Lipinski definition) is 3. The molecule has 108 valence electrons.